The Morgan fingerprint density at radius 3 is 1.92 bits per heavy atom. The summed E-state index contributed by atoms with van der Waals surface area (Å²) in [5.74, 6) is 3.44. The van der Waals surface area contributed by atoms with E-state index in [9.17, 15) is 4.79 Å². The second-order valence-corrected chi connectivity index (χ2v) is 25.8. The Balaban J connectivity index is 0.909. The van der Waals surface area contributed by atoms with Crippen molar-refractivity contribution in [2.45, 2.75) is 162 Å². The number of hydrogen-bond donors (Lipinski definition) is 0. The quantitative estimate of drug-likeness (QED) is 0.147. The molecule has 0 aromatic rings. The minimum atomic E-state index is 0.146. The van der Waals surface area contributed by atoms with Gasteiger partial charge in [0, 0.05) is 153 Å². The van der Waals surface area contributed by atoms with Gasteiger partial charge in [0.15, 0.2) is 0 Å². The lowest BCUT2D eigenvalue weighted by molar-refractivity contribution is -0.152. The van der Waals surface area contributed by atoms with Gasteiger partial charge in [-0.25, -0.2) is 0 Å². The smallest absolute Gasteiger partial charge is 0.223 e. The molecular formula is C54H102N10OS. The molecule has 2 spiro atoms. The van der Waals surface area contributed by atoms with Crippen molar-refractivity contribution in [2.75, 3.05) is 144 Å². The van der Waals surface area contributed by atoms with Crippen molar-refractivity contribution in [1.82, 2.24) is 48.4 Å². The molecule has 1 amide bonds. The minimum absolute atomic E-state index is 0.146. The van der Waals surface area contributed by atoms with E-state index in [2.05, 4.69) is 124 Å². The van der Waals surface area contributed by atoms with E-state index in [-0.39, 0.29) is 5.41 Å². The average Bonchev–Trinajstić information content (AvgIpc) is 3.96. The van der Waals surface area contributed by atoms with Crippen LogP contribution in [0.15, 0.2) is 0 Å². The molecule has 8 fully saturated rings. The summed E-state index contributed by atoms with van der Waals surface area (Å²) < 4.78 is 2.55. The second kappa shape index (κ2) is 22.5. The Kier molecular flexibility index (Phi) is 17.6. The highest BCUT2D eigenvalue weighted by molar-refractivity contribution is 7.96. The summed E-state index contributed by atoms with van der Waals surface area (Å²) in [6.45, 7) is 45.3. The summed E-state index contributed by atoms with van der Waals surface area (Å²) in [4.78, 5) is 39.0. The van der Waals surface area contributed by atoms with Gasteiger partial charge in [0.05, 0.1) is 0 Å². The first-order valence-corrected chi connectivity index (χ1v) is 29.2. The van der Waals surface area contributed by atoms with Crippen LogP contribution in [0.3, 0.4) is 0 Å². The molecule has 8 aliphatic rings. The standard InChI is InChI=1S/C54H102N10OS/c1-41(2)58-21-15-53(16-22-58)34-52(65)61(30-26-56-24-28-59(29-25-56)42(3)4)39-50(53)51-40-60(43(5)6)23-17-54(51)33-47(54)35-57-27-31-64(44(7)8)48(36-57)32-45(9)62-37-49(38-62)55(10)18-12-46-13-19-63(66-11)20-14-46/h41-51H,12-40H2,1-11H3/t45?,47-,48?,50?,51?,54?/m0/s1. The highest BCUT2D eigenvalue weighted by Gasteiger charge is 2.65. The first kappa shape index (κ1) is 51.8. The van der Waals surface area contributed by atoms with Crippen molar-refractivity contribution >= 4 is 17.9 Å². The van der Waals surface area contributed by atoms with E-state index in [4.69, 9.17) is 0 Å². The molecule has 66 heavy (non-hydrogen) atoms. The summed E-state index contributed by atoms with van der Waals surface area (Å²) in [5.41, 5.74) is 0.576. The molecule has 0 N–H and O–H groups in total. The van der Waals surface area contributed by atoms with Gasteiger partial charge in [-0.15, -0.1) is 0 Å². The highest BCUT2D eigenvalue weighted by Crippen LogP contribution is 2.67. The third-order valence-electron chi connectivity index (χ3n) is 20.2. The van der Waals surface area contributed by atoms with Crippen LogP contribution in [0.4, 0.5) is 0 Å². The van der Waals surface area contributed by atoms with E-state index in [1.807, 2.05) is 11.9 Å². The maximum atomic E-state index is 14.4. The molecule has 7 aliphatic heterocycles. The van der Waals surface area contributed by atoms with Crippen LogP contribution in [0, 0.1) is 34.5 Å². The van der Waals surface area contributed by atoms with Gasteiger partial charge in [0.1, 0.15) is 0 Å². The predicted molar refractivity (Wildman–Crippen MR) is 278 cm³/mol. The van der Waals surface area contributed by atoms with Gasteiger partial charge in [0.2, 0.25) is 5.91 Å². The first-order valence-electron chi connectivity index (χ1n) is 28.0. The zero-order valence-electron chi connectivity index (χ0n) is 44.6. The molecule has 11 nitrogen and oxygen atoms in total. The monoisotopic (exact) mass is 939 g/mol. The van der Waals surface area contributed by atoms with Gasteiger partial charge >= 0.3 is 0 Å². The molecule has 7 saturated heterocycles. The molecule has 0 aromatic heterocycles. The molecule has 0 radical (unpaired) electrons. The Labute approximate surface area is 410 Å². The fourth-order valence-corrected chi connectivity index (χ4v) is 15.6. The second-order valence-electron chi connectivity index (χ2n) is 24.9. The zero-order valence-corrected chi connectivity index (χ0v) is 45.5. The van der Waals surface area contributed by atoms with E-state index in [1.165, 1.54) is 123 Å². The van der Waals surface area contributed by atoms with Crippen molar-refractivity contribution in [3.05, 3.63) is 0 Å². The Morgan fingerprint density at radius 2 is 1.29 bits per heavy atom. The first-order chi connectivity index (χ1) is 31.6. The fraction of sp³-hybridized carbons (Fsp3) is 0.981. The van der Waals surface area contributed by atoms with Crippen molar-refractivity contribution < 1.29 is 4.79 Å². The normalized spacial score (nSPS) is 33.2. The maximum absolute atomic E-state index is 14.4. The molecule has 0 aromatic carbocycles. The van der Waals surface area contributed by atoms with Crippen molar-refractivity contribution in [3.63, 3.8) is 0 Å². The third kappa shape index (κ3) is 11.9. The van der Waals surface area contributed by atoms with Gasteiger partial charge in [-0.2, -0.15) is 0 Å². The third-order valence-corrected chi connectivity index (χ3v) is 21.0. The largest absolute Gasteiger partial charge is 0.341 e. The lowest BCUT2D eigenvalue weighted by Gasteiger charge is -2.57. The van der Waals surface area contributed by atoms with Crippen LogP contribution in [-0.2, 0) is 4.79 Å². The number of likely N-dealkylation sites (tertiary alicyclic amines) is 4. The van der Waals surface area contributed by atoms with Gasteiger partial charge in [-0.3, -0.25) is 28.7 Å². The van der Waals surface area contributed by atoms with Crippen LogP contribution in [0.5, 0.6) is 0 Å². The number of rotatable bonds is 18. The SMILES string of the molecule is CSN1CCC(CCN(C)C2CN(C(C)CC3CN(C[C@@H]4CC45CCN(C(C)C)CC5C4CN(CCN5CCN(C(C)C)CC5)C(=O)CC45CCN(C(C)C)CC5)CCN3C(C)C)C2)CC1. The van der Waals surface area contributed by atoms with E-state index < -0.39 is 0 Å². The molecule has 6 atom stereocenters. The molecule has 8 rings (SSSR count). The van der Waals surface area contributed by atoms with E-state index in [1.54, 1.807) is 0 Å². The molecule has 1 aliphatic carbocycles. The average molecular weight is 940 g/mol. The lowest BCUT2D eigenvalue weighted by atomic mass is 9.56. The molecule has 0 bridgehead atoms. The maximum Gasteiger partial charge on any atom is 0.223 e. The topological polar surface area (TPSA) is 49.5 Å². The van der Waals surface area contributed by atoms with Crippen LogP contribution >= 0.6 is 11.9 Å². The number of piperazine rings is 2. The number of piperidine rings is 4. The Bertz CT molecular complexity index is 1520. The van der Waals surface area contributed by atoms with Gasteiger partial charge < -0.3 is 24.5 Å². The van der Waals surface area contributed by atoms with Crippen LogP contribution in [-0.4, -0.2) is 241 Å². The summed E-state index contributed by atoms with van der Waals surface area (Å²) in [7, 11) is 2.40. The number of nitrogens with zero attached hydrogens (tertiary/aromatic N) is 10. The molecule has 1 saturated carbocycles. The van der Waals surface area contributed by atoms with Crippen LogP contribution in [0.1, 0.15) is 120 Å². The Morgan fingerprint density at radius 1 is 0.652 bits per heavy atom. The van der Waals surface area contributed by atoms with Crippen LogP contribution < -0.4 is 0 Å². The molecule has 12 heteroatoms. The van der Waals surface area contributed by atoms with Crippen LogP contribution in [0.25, 0.3) is 0 Å². The van der Waals surface area contributed by atoms with Gasteiger partial charge in [-0.05, 0) is 188 Å². The molecule has 380 valence electrons. The summed E-state index contributed by atoms with van der Waals surface area (Å²) in [5, 5.41) is 0. The Hall–Kier alpha value is -0.540. The lowest BCUT2D eigenvalue weighted by Crippen LogP contribution is -2.63. The molecule has 7 heterocycles. The predicted octanol–water partition coefficient (Wildman–Crippen LogP) is 6.26. The van der Waals surface area contributed by atoms with Crippen molar-refractivity contribution in [2.24, 2.45) is 34.5 Å². The number of likely N-dealkylation sites (N-methyl/N-ethyl adjacent to an activating group) is 1. The fourth-order valence-electron chi connectivity index (χ4n) is 15.0. The number of hydrogen-bond acceptors (Lipinski definition) is 11. The van der Waals surface area contributed by atoms with E-state index >= 15 is 0 Å². The zero-order chi connectivity index (χ0) is 46.9. The van der Waals surface area contributed by atoms with Crippen LogP contribution in [0.2, 0.25) is 0 Å². The van der Waals surface area contributed by atoms with Crippen molar-refractivity contribution in [3.8, 4) is 0 Å². The number of carbonyl (C=O) groups excluding carboxylic acids is 1. The summed E-state index contributed by atoms with van der Waals surface area (Å²) in [6, 6.07) is 4.37. The van der Waals surface area contributed by atoms with E-state index in [0.717, 1.165) is 83.2 Å². The molecule has 5 unspecified atom stereocenters. The highest BCUT2D eigenvalue weighted by atomic mass is 32.2. The van der Waals surface area contributed by atoms with E-state index in [0.29, 0.717) is 59.4 Å². The summed E-state index contributed by atoms with van der Waals surface area (Å²) in [6.07, 6.45) is 13.6. The summed E-state index contributed by atoms with van der Waals surface area (Å²) >= 11 is 1.93. The van der Waals surface area contributed by atoms with Gasteiger partial charge in [-0.1, -0.05) is 11.9 Å². The van der Waals surface area contributed by atoms with Gasteiger partial charge in [0.25, 0.3) is 0 Å². The van der Waals surface area contributed by atoms with Crippen molar-refractivity contribution in [1.29, 1.82) is 0 Å². The number of carbonyl (C=O) groups is 1. The molecular weight excluding hydrogens is 837 g/mol. The number of amides is 1. The minimum Gasteiger partial charge on any atom is -0.341 e.